The van der Waals surface area contributed by atoms with E-state index in [4.69, 9.17) is 0 Å². The molecular formula is C11H16F. The van der Waals surface area contributed by atoms with E-state index in [0.717, 1.165) is 0 Å². The van der Waals surface area contributed by atoms with E-state index < -0.39 is 0 Å². The van der Waals surface area contributed by atoms with Crippen LogP contribution in [0.25, 0.3) is 0 Å². The lowest BCUT2D eigenvalue weighted by Crippen LogP contribution is -1.92. The molecule has 0 aromatic carbocycles. The van der Waals surface area contributed by atoms with Gasteiger partial charge in [-0.05, 0) is 31.4 Å². The molecule has 12 heavy (non-hydrogen) atoms. The van der Waals surface area contributed by atoms with Crippen LogP contribution >= 0.6 is 0 Å². The third kappa shape index (κ3) is 3.51. The van der Waals surface area contributed by atoms with E-state index in [9.17, 15) is 4.39 Å². The largest absolute Gasteiger partial charge is 0.207 e. The van der Waals surface area contributed by atoms with Gasteiger partial charge in [0, 0.05) is 0 Å². The second kappa shape index (κ2) is 4.91. The van der Waals surface area contributed by atoms with Gasteiger partial charge in [-0.15, -0.1) is 0 Å². The second-order valence-corrected chi connectivity index (χ2v) is 3.15. The molecule has 0 spiro atoms. The van der Waals surface area contributed by atoms with Crippen LogP contribution in [0.3, 0.4) is 0 Å². The van der Waals surface area contributed by atoms with E-state index in [0.29, 0.717) is 11.1 Å². The van der Waals surface area contributed by atoms with E-state index in [1.54, 1.807) is 13.0 Å². The Morgan fingerprint density at radius 1 is 1.42 bits per heavy atom. The van der Waals surface area contributed by atoms with Crippen molar-refractivity contribution in [1.29, 1.82) is 0 Å². The van der Waals surface area contributed by atoms with Gasteiger partial charge >= 0.3 is 0 Å². The Kier molecular flexibility index (Phi) is 4.57. The fourth-order valence-corrected chi connectivity index (χ4v) is 0.909. The van der Waals surface area contributed by atoms with Gasteiger partial charge in [-0.1, -0.05) is 32.1 Å². The van der Waals surface area contributed by atoms with Crippen molar-refractivity contribution in [2.75, 3.05) is 0 Å². The first kappa shape index (κ1) is 11.2. The molecule has 0 nitrogen and oxygen atoms in total. The molecule has 0 aliphatic heterocycles. The van der Waals surface area contributed by atoms with E-state index in [-0.39, 0.29) is 11.7 Å². The molecule has 1 radical (unpaired) electrons. The summed E-state index contributed by atoms with van der Waals surface area (Å²) in [6.45, 7) is 12.8. The predicted molar refractivity (Wildman–Crippen MR) is 52.3 cm³/mol. The first-order chi connectivity index (χ1) is 5.49. The number of allylic oxidation sites excluding steroid dienone is 5. The first-order valence-corrected chi connectivity index (χ1v) is 4.01. The minimum absolute atomic E-state index is 0.165. The van der Waals surface area contributed by atoms with Crippen molar-refractivity contribution < 1.29 is 4.39 Å². The SMILES string of the molecule is [CH2]/C(C)=C\C(F)=C(/C=C)C(C)C. The monoisotopic (exact) mass is 167 g/mol. The number of rotatable bonds is 3. The van der Waals surface area contributed by atoms with Crippen LogP contribution in [-0.2, 0) is 0 Å². The molecule has 0 amide bonds. The molecule has 0 atom stereocenters. The Hall–Kier alpha value is -0.850. The summed E-state index contributed by atoms with van der Waals surface area (Å²) in [6, 6.07) is 0. The van der Waals surface area contributed by atoms with Gasteiger partial charge in [0.25, 0.3) is 0 Å². The van der Waals surface area contributed by atoms with Crippen LogP contribution in [0.15, 0.2) is 35.7 Å². The van der Waals surface area contributed by atoms with Gasteiger partial charge in [0.1, 0.15) is 5.83 Å². The standard InChI is InChI=1S/C11H16F/c1-6-10(9(4)5)11(12)7-8(2)3/h6-7,9H,1-2H2,3-5H3/b8-7+,11-10-. The minimum Gasteiger partial charge on any atom is -0.207 e. The van der Waals surface area contributed by atoms with Crippen molar-refractivity contribution >= 4 is 0 Å². The molecule has 0 unspecified atom stereocenters. The first-order valence-electron chi connectivity index (χ1n) is 4.01. The number of halogens is 1. The maximum Gasteiger partial charge on any atom is 0.126 e. The fourth-order valence-electron chi connectivity index (χ4n) is 0.909. The van der Waals surface area contributed by atoms with Crippen molar-refractivity contribution in [3.8, 4) is 0 Å². The highest BCUT2D eigenvalue weighted by atomic mass is 19.1. The summed E-state index contributed by atoms with van der Waals surface area (Å²) in [7, 11) is 0. The lowest BCUT2D eigenvalue weighted by atomic mass is 10.0. The molecule has 0 saturated heterocycles. The van der Waals surface area contributed by atoms with Crippen molar-refractivity contribution in [3.05, 3.63) is 42.6 Å². The van der Waals surface area contributed by atoms with Gasteiger partial charge in [0.15, 0.2) is 0 Å². The van der Waals surface area contributed by atoms with Crippen molar-refractivity contribution in [1.82, 2.24) is 0 Å². The van der Waals surface area contributed by atoms with Crippen LogP contribution in [-0.4, -0.2) is 0 Å². The van der Waals surface area contributed by atoms with E-state index >= 15 is 0 Å². The minimum atomic E-state index is -0.229. The predicted octanol–water partition coefficient (Wildman–Crippen LogP) is 3.83. The Bertz CT molecular complexity index is 215. The summed E-state index contributed by atoms with van der Waals surface area (Å²) in [4.78, 5) is 0. The molecule has 0 N–H and O–H groups in total. The normalized spacial score (nSPS) is 14.7. The molecule has 0 aliphatic rings. The summed E-state index contributed by atoms with van der Waals surface area (Å²) in [5.41, 5.74) is 1.35. The van der Waals surface area contributed by atoms with E-state index in [1.165, 1.54) is 6.08 Å². The van der Waals surface area contributed by atoms with Gasteiger partial charge in [-0.3, -0.25) is 0 Å². The van der Waals surface area contributed by atoms with Gasteiger partial charge in [0.05, 0.1) is 0 Å². The molecule has 0 bridgehead atoms. The van der Waals surface area contributed by atoms with Crippen LogP contribution in [0.5, 0.6) is 0 Å². The van der Waals surface area contributed by atoms with Crippen molar-refractivity contribution in [2.24, 2.45) is 5.92 Å². The Labute approximate surface area is 74.5 Å². The molecule has 0 fully saturated rings. The molecule has 0 saturated carbocycles. The van der Waals surface area contributed by atoms with E-state index in [2.05, 4.69) is 13.5 Å². The Morgan fingerprint density at radius 2 is 1.92 bits per heavy atom. The quantitative estimate of drug-likeness (QED) is 0.560. The zero-order valence-corrected chi connectivity index (χ0v) is 8.02. The second-order valence-electron chi connectivity index (χ2n) is 3.15. The molecule has 0 aromatic rings. The maximum absolute atomic E-state index is 13.3. The van der Waals surface area contributed by atoms with Crippen LogP contribution in [0.4, 0.5) is 4.39 Å². The number of hydrogen-bond acceptors (Lipinski definition) is 0. The van der Waals surface area contributed by atoms with Gasteiger partial charge in [-0.2, -0.15) is 0 Å². The lowest BCUT2D eigenvalue weighted by Gasteiger charge is -2.06. The highest BCUT2D eigenvalue weighted by Crippen LogP contribution is 2.18. The number of hydrogen-bond donors (Lipinski definition) is 0. The summed E-state index contributed by atoms with van der Waals surface area (Å²) in [5.74, 6) is -0.0643. The molecule has 1 heteroatoms. The lowest BCUT2D eigenvalue weighted by molar-refractivity contribution is 0.628. The van der Waals surface area contributed by atoms with Crippen LogP contribution in [0, 0.1) is 12.8 Å². The van der Waals surface area contributed by atoms with Crippen LogP contribution < -0.4 is 0 Å². The molecule has 0 heterocycles. The molecule has 0 rings (SSSR count). The van der Waals surface area contributed by atoms with Gasteiger partial charge in [-0.25, -0.2) is 4.39 Å². The zero-order valence-electron chi connectivity index (χ0n) is 8.02. The summed E-state index contributed by atoms with van der Waals surface area (Å²) < 4.78 is 13.3. The average molecular weight is 167 g/mol. The van der Waals surface area contributed by atoms with Crippen molar-refractivity contribution in [2.45, 2.75) is 20.8 Å². The van der Waals surface area contributed by atoms with Crippen LogP contribution in [0.2, 0.25) is 0 Å². The van der Waals surface area contributed by atoms with Gasteiger partial charge in [0.2, 0.25) is 0 Å². The van der Waals surface area contributed by atoms with Gasteiger partial charge < -0.3 is 0 Å². The zero-order chi connectivity index (χ0) is 9.72. The Balaban J connectivity index is 4.85. The molecule has 67 valence electrons. The summed E-state index contributed by atoms with van der Waals surface area (Å²) >= 11 is 0. The molecule has 0 aliphatic carbocycles. The van der Waals surface area contributed by atoms with Crippen molar-refractivity contribution in [3.63, 3.8) is 0 Å². The van der Waals surface area contributed by atoms with Crippen LogP contribution in [0.1, 0.15) is 20.8 Å². The summed E-state index contributed by atoms with van der Waals surface area (Å²) in [5, 5.41) is 0. The molecular weight excluding hydrogens is 151 g/mol. The third-order valence-corrected chi connectivity index (χ3v) is 1.49. The maximum atomic E-state index is 13.3. The summed E-state index contributed by atoms with van der Waals surface area (Å²) in [6.07, 6.45) is 2.98. The smallest absolute Gasteiger partial charge is 0.126 e. The average Bonchev–Trinajstić information content (AvgIpc) is 1.85. The Morgan fingerprint density at radius 3 is 2.17 bits per heavy atom. The third-order valence-electron chi connectivity index (χ3n) is 1.49. The highest BCUT2D eigenvalue weighted by Gasteiger charge is 2.04. The fraction of sp³-hybridized carbons (Fsp3) is 0.364. The van der Waals surface area contributed by atoms with E-state index in [1.807, 2.05) is 13.8 Å². The molecule has 0 aromatic heterocycles. The topological polar surface area (TPSA) is 0 Å². The highest BCUT2D eigenvalue weighted by molar-refractivity contribution is 5.31.